The summed E-state index contributed by atoms with van der Waals surface area (Å²) in [4.78, 5) is 6.87. The van der Waals surface area contributed by atoms with Gasteiger partial charge in [-0.05, 0) is 67.9 Å². The van der Waals surface area contributed by atoms with E-state index in [1.54, 1.807) is 0 Å². The number of piperidine rings is 1. The Bertz CT molecular complexity index is 999. The Balaban J connectivity index is 1.37. The van der Waals surface area contributed by atoms with Gasteiger partial charge in [-0.25, -0.2) is 0 Å². The number of anilines is 2. The number of rotatable bonds is 3. The average Bonchev–Trinajstić information content (AvgIpc) is 2.70. The van der Waals surface area contributed by atoms with E-state index in [-0.39, 0.29) is 0 Å². The first kappa shape index (κ1) is 19.0. The van der Waals surface area contributed by atoms with Crippen LogP contribution in [0.1, 0.15) is 18.4 Å². The fourth-order valence-electron chi connectivity index (χ4n) is 3.70. The summed E-state index contributed by atoms with van der Waals surface area (Å²) in [5, 5.41) is 9.35. The van der Waals surface area contributed by atoms with E-state index in [9.17, 15) is 0 Å². The highest BCUT2D eigenvalue weighted by atomic mass is 35.5. The summed E-state index contributed by atoms with van der Waals surface area (Å²) in [5.74, 6) is 0. The Kier molecular flexibility index (Phi) is 5.64. The summed E-state index contributed by atoms with van der Waals surface area (Å²) >= 11 is 11.6. The quantitative estimate of drug-likeness (QED) is 0.584. The number of pyridine rings is 1. The molecule has 0 radical (unpaired) electrons. The lowest BCUT2D eigenvalue weighted by atomic mass is 10.0. The molecule has 0 aliphatic carbocycles. The van der Waals surface area contributed by atoms with E-state index in [1.807, 2.05) is 36.5 Å². The van der Waals surface area contributed by atoms with Crippen LogP contribution in [0.4, 0.5) is 11.4 Å². The van der Waals surface area contributed by atoms with Gasteiger partial charge < -0.3 is 15.5 Å². The second kappa shape index (κ2) is 8.33. The third kappa shape index (κ3) is 4.21. The topological polar surface area (TPSA) is 40.2 Å². The summed E-state index contributed by atoms with van der Waals surface area (Å²) in [5.41, 5.74) is 4.40. The molecule has 2 aromatic carbocycles. The Hall–Kier alpha value is -2.37. The maximum absolute atomic E-state index is 6.11. The maximum Gasteiger partial charge on any atom is 0.171 e. The zero-order valence-corrected chi connectivity index (χ0v) is 17.4. The number of hydrogen-bond donors (Lipinski definition) is 2. The molecular weight excluding hydrogens is 388 g/mol. The van der Waals surface area contributed by atoms with Crippen LogP contribution in [0.2, 0.25) is 5.02 Å². The maximum atomic E-state index is 6.11. The first-order chi connectivity index (χ1) is 13.6. The average molecular weight is 411 g/mol. The fourth-order valence-corrected chi connectivity index (χ4v) is 4.15. The third-order valence-corrected chi connectivity index (χ3v) is 5.70. The summed E-state index contributed by atoms with van der Waals surface area (Å²) in [6.45, 7) is 4.04. The molecule has 0 atom stereocenters. The lowest BCUT2D eigenvalue weighted by Gasteiger charge is -2.35. The highest BCUT2D eigenvalue weighted by molar-refractivity contribution is 7.80. The van der Waals surface area contributed by atoms with Crippen LogP contribution in [0.15, 0.2) is 54.7 Å². The molecule has 4 rings (SSSR count). The van der Waals surface area contributed by atoms with Gasteiger partial charge in [0.05, 0.1) is 5.52 Å². The first-order valence-corrected chi connectivity index (χ1v) is 10.3. The number of nitrogens with one attached hydrogen (secondary N) is 2. The molecule has 0 unspecified atom stereocenters. The van der Waals surface area contributed by atoms with Crippen molar-refractivity contribution in [2.45, 2.75) is 25.8 Å². The number of thiocarbonyl (C=S) groups is 1. The zero-order chi connectivity index (χ0) is 19.5. The van der Waals surface area contributed by atoms with Crippen molar-refractivity contribution < 1.29 is 0 Å². The number of nitrogens with zero attached hydrogens (tertiary/aromatic N) is 2. The molecule has 2 heterocycles. The molecule has 2 N–H and O–H groups in total. The van der Waals surface area contributed by atoms with E-state index in [0.29, 0.717) is 11.2 Å². The highest BCUT2D eigenvalue weighted by Gasteiger charge is 2.21. The molecule has 1 aromatic heterocycles. The monoisotopic (exact) mass is 410 g/mol. The molecule has 3 aromatic rings. The predicted octanol–water partition coefficient (Wildman–Crippen LogP) is 5.15. The summed E-state index contributed by atoms with van der Waals surface area (Å²) in [6, 6.07) is 16.6. The summed E-state index contributed by atoms with van der Waals surface area (Å²) in [7, 11) is 0. The largest absolute Gasteiger partial charge is 0.371 e. The number of halogens is 1. The van der Waals surface area contributed by atoms with Gasteiger partial charge in [0.2, 0.25) is 0 Å². The molecule has 1 saturated heterocycles. The SMILES string of the molecule is Cc1ccccc1NC(=S)NC1CCN(c2ccnc3cc(Cl)ccc23)CC1. The van der Waals surface area contributed by atoms with Crippen LogP contribution in [0.3, 0.4) is 0 Å². The standard InChI is InChI=1S/C22H23ClN4S/c1-15-4-2-3-5-19(15)26-22(28)25-17-9-12-27(13-10-17)21-8-11-24-20-14-16(23)6-7-18(20)21/h2-8,11,14,17H,9-10,12-13H2,1H3,(H2,25,26,28). The molecule has 1 aliphatic heterocycles. The molecular formula is C22H23ClN4S. The van der Waals surface area contributed by atoms with Gasteiger partial charge in [-0.2, -0.15) is 0 Å². The van der Waals surface area contributed by atoms with Crippen molar-refractivity contribution in [2.75, 3.05) is 23.3 Å². The fraction of sp³-hybridized carbons (Fsp3) is 0.273. The van der Waals surface area contributed by atoms with Crippen LogP contribution in [0.5, 0.6) is 0 Å². The molecule has 1 fully saturated rings. The van der Waals surface area contributed by atoms with Gasteiger partial charge in [-0.1, -0.05) is 29.8 Å². The minimum absolute atomic E-state index is 0.378. The molecule has 6 heteroatoms. The van der Waals surface area contributed by atoms with Crippen LogP contribution < -0.4 is 15.5 Å². The summed E-state index contributed by atoms with van der Waals surface area (Å²) < 4.78 is 0. The molecule has 4 nitrogen and oxygen atoms in total. The first-order valence-electron chi connectivity index (χ1n) is 9.52. The number of fused-ring (bicyclic) bond motifs is 1. The van der Waals surface area contributed by atoms with Crippen LogP contribution in [-0.2, 0) is 0 Å². The molecule has 28 heavy (non-hydrogen) atoms. The number of aromatic nitrogens is 1. The van der Waals surface area contributed by atoms with Crippen molar-refractivity contribution in [2.24, 2.45) is 0 Å². The second-order valence-electron chi connectivity index (χ2n) is 7.17. The van der Waals surface area contributed by atoms with Crippen LogP contribution in [0, 0.1) is 6.92 Å². The van der Waals surface area contributed by atoms with E-state index in [4.69, 9.17) is 23.8 Å². The Morgan fingerprint density at radius 2 is 1.93 bits per heavy atom. The Labute approximate surface area is 175 Å². The van der Waals surface area contributed by atoms with Gasteiger partial charge >= 0.3 is 0 Å². The highest BCUT2D eigenvalue weighted by Crippen LogP contribution is 2.29. The second-order valence-corrected chi connectivity index (χ2v) is 8.01. The molecule has 1 aliphatic rings. The van der Waals surface area contributed by atoms with Gasteiger partial charge in [0.25, 0.3) is 0 Å². The molecule has 0 amide bonds. The van der Waals surface area contributed by atoms with Crippen LogP contribution in [-0.4, -0.2) is 29.2 Å². The normalized spacial score (nSPS) is 14.9. The van der Waals surface area contributed by atoms with Gasteiger partial charge in [-0.15, -0.1) is 0 Å². The van der Waals surface area contributed by atoms with E-state index in [1.165, 1.54) is 11.3 Å². The van der Waals surface area contributed by atoms with Gasteiger partial charge in [0.15, 0.2) is 5.11 Å². The van der Waals surface area contributed by atoms with Gasteiger partial charge in [-0.3, -0.25) is 4.98 Å². The minimum atomic E-state index is 0.378. The molecule has 0 bridgehead atoms. The number of hydrogen-bond acceptors (Lipinski definition) is 3. The number of benzene rings is 2. The Morgan fingerprint density at radius 3 is 2.71 bits per heavy atom. The van der Waals surface area contributed by atoms with Crippen molar-refractivity contribution in [1.82, 2.24) is 10.3 Å². The smallest absolute Gasteiger partial charge is 0.171 e. The van der Waals surface area contributed by atoms with Crippen LogP contribution >= 0.6 is 23.8 Å². The molecule has 0 saturated carbocycles. The van der Waals surface area contributed by atoms with E-state index in [0.717, 1.165) is 47.5 Å². The minimum Gasteiger partial charge on any atom is -0.371 e. The summed E-state index contributed by atoms with van der Waals surface area (Å²) in [6.07, 6.45) is 3.93. The zero-order valence-electron chi connectivity index (χ0n) is 15.8. The van der Waals surface area contributed by atoms with Crippen LogP contribution in [0.25, 0.3) is 10.9 Å². The van der Waals surface area contributed by atoms with Crippen molar-refractivity contribution in [3.63, 3.8) is 0 Å². The van der Waals surface area contributed by atoms with E-state index in [2.05, 4.69) is 45.6 Å². The lowest BCUT2D eigenvalue weighted by Crippen LogP contribution is -2.46. The van der Waals surface area contributed by atoms with Crippen molar-refractivity contribution in [3.05, 3.63) is 65.3 Å². The van der Waals surface area contributed by atoms with E-state index >= 15 is 0 Å². The Morgan fingerprint density at radius 1 is 1.14 bits per heavy atom. The van der Waals surface area contributed by atoms with E-state index < -0.39 is 0 Å². The van der Waals surface area contributed by atoms with Crippen molar-refractivity contribution >= 4 is 51.2 Å². The van der Waals surface area contributed by atoms with Gasteiger partial charge in [0, 0.05) is 47.1 Å². The molecule has 0 spiro atoms. The van der Waals surface area contributed by atoms with Crippen molar-refractivity contribution in [1.29, 1.82) is 0 Å². The lowest BCUT2D eigenvalue weighted by molar-refractivity contribution is 0.468. The van der Waals surface area contributed by atoms with Gasteiger partial charge in [0.1, 0.15) is 0 Å². The predicted molar refractivity (Wildman–Crippen MR) is 123 cm³/mol. The van der Waals surface area contributed by atoms with Crippen molar-refractivity contribution in [3.8, 4) is 0 Å². The molecule has 144 valence electrons. The number of aryl methyl sites for hydroxylation is 1. The number of para-hydroxylation sites is 1. The third-order valence-electron chi connectivity index (χ3n) is 5.25.